The van der Waals surface area contributed by atoms with Gasteiger partial charge in [-0.3, -0.25) is 9.59 Å². The fourth-order valence-corrected chi connectivity index (χ4v) is 4.53. The molecule has 0 atom stereocenters. The fourth-order valence-electron chi connectivity index (χ4n) is 4.53. The van der Waals surface area contributed by atoms with Crippen molar-refractivity contribution in [2.45, 2.75) is 65.2 Å². The first-order valence-corrected chi connectivity index (χ1v) is 12.7. The van der Waals surface area contributed by atoms with Gasteiger partial charge in [-0.1, -0.05) is 26.0 Å². The Morgan fingerprint density at radius 1 is 1.11 bits per heavy atom. The first-order valence-electron chi connectivity index (χ1n) is 12.7. The van der Waals surface area contributed by atoms with Crippen LogP contribution in [-0.2, 0) is 4.79 Å². The summed E-state index contributed by atoms with van der Waals surface area (Å²) in [5, 5.41) is 9.03. The van der Waals surface area contributed by atoms with Crippen molar-refractivity contribution in [1.82, 2.24) is 9.97 Å². The molecule has 1 aromatic carbocycles. The minimum atomic E-state index is -0.720. The number of anilines is 2. The van der Waals surface area contributed by atoms with E-state index >= 15 is 0 Å². The summed E-state index contributed by atoms with van der Waals surface area (Å²) in [7, 11) is 1.68. The number of aromatic nitrogens is 2. The monoisotopic (exact) mass is 498 g/mol. The summed E-state index contributed by atoms with van der Waals surface area (Å²) in [5.41, 5.74) is 8.19. The number of nitrogen functional groups attached to an aromatic ring is 1. The van der Waals surface area contributed by atoms with Crippen LogP contribution in [0.25, 0.3) is 0 Å². The summed E-state index contributed by atoms with van der Waals surface area (Å²) < 4.78 is 11.3. The number of carbonyl (C=O) groups excluding carboxylic acids is 1. The summed E-state index contributed by atoms with van der Waals surface area (Å²) in [5.74, 6) is 0.175. The lowest BCUT2D eigenvalue weighted by Gasteiger charge is -2.28. The number of aliphatic carboxylic acids is 1. The fraction of sp³-hybridized carbons (Fsp3) is 0.556. The average Bonchev–Trinajstić information content (AvgIpc) is 2.83. The van der Waals surface area contributed by atoms with Gasteiger partial charge in [0.15, 0.2) is 0 Å². The largest absolute Gasteiger partial charge is 0.481 e. The Morgan fingerprint density at radius 3 is 2.36 bits per heavy atom. The summed E-state index contributed by atoms with van der Waals surface area (Å²) in [4.78, 5) is 34.3. The minimum absolute atomic E-state index is 0.0135. The van der Waals surface area contributed by atoms with E-state index in [0.29, 0.717) is 30.7 Å². The van der Waals surface area contributed by atoms with Gasteiger partial charge in [0.05, 0.1) is 13.2 Å². The van der Waals surface area contributed by atoms with E-state index in [9.17, 15) is 9.59 Å². The molecule has 3 N–H and O–H groups in total. The van der Waals surface area contributed by atoms with Crippen molar-refractivity contribution in [2.24, 2.45) is 11.8 Å². The molecule has 36 heavy (non-hydrogen) atoms. The van der Waals surface area contributed by atoms with E-state index in [0.717, 1.165) is 32.1 Å². The van der Waals surface area contributed by atoms with Crippen molar-refractivity contribution >= 4 is 23.4 Å². The van der Waals surface area contributed by atoms with Crippen molar-refractivity contribution in [1.29, 1.82) is 0 Å². The molecular weight excluding hydrogens is 460 g/mol. The van der Waals surface area contributed by atoms with Crippen molar-refractivity contribution in [3.05, 3.63) is 35.4 Å². The highest BCUT2D eigenvalue weighted by Gasteiger charge is 2.27. The number of carboxylic acids is 1. The number of rotatable bonds is 11. The molecule has 0 unspecified atom stereocenters. The van der Waals surface area contributed by atoms with E-state index in [1.165, 1.54) is 10.5 Å². The van der Waals surface area contributed by atoms with Crippen molar-refractivity contribution in [3.8, 4) is 11.9 Å². The van der Waals surface area contributed by atoms with Gasteiger partial charge < -0.3 is 25.2 Å². The number of nitrogens with zero attached hydrogens (tertiary/aromatic N) is 3. The molecule has 1 heterocycles. The summed E-state index contributed by atoms with van der Waals surface area (Å²) in [6.07, 6.45) is 4.89. The Kier molecular flexibility index (Phi) is 9.50. The topological polar surface area (TPSA) is 128 Å². The standard InChI is InChI=1S/C27H38N4O5/c1-5-35-25-23(24(28)29-27(30-25)36-15-14-17(2)3)26(34)31(4)21-12-10-20(11-13-21)19-8-6-18(7-9-19)16-22(32)33/h10-13,17-19H,5-9,14-16H2,1-4H3,(H,32,33)(H2,28,29,30)/t18-,19-. The molecule has 1 saturated carbocycles. The van der Waals surface area contributed by atoms with Crippen LogP contribution in [-0.4, -0.2) is 47.2 Å². The van der Waals surface area contributed by atoms with Crippen molar-refractivity contribution in [2.75, 3.05) is 30.9 Å². The molecule has 9 heteroatoms. The molecule has 1 aliphatic carbocycles. The number of ether oxygens (including phenoxy) is 2. The van der Waals surface area contributed by atoms with Gasteiger partial charge in [0.2, 0.25) is 5.88 Å². The summed E-state index contributed by atoms with van der Waals surface area (Å²) in [6, 6.07) is 8.00. The molecule has 1 fully saturated rings. The Balaban J connectivity index is 1.71. The molecule has 0 radical (unpaired) electrons. The third kappa shape index (κ3) is 7.08. The Hall–Kier alpha value is -3.36. The van der Waals surface area contributed by atoms with Gasteiger partial charge in [-0.25, -0.2) is 0 Å². The lowest BCUT2D eigenvalue weighted by molar-refractivity contribution is -0.138. The Bertz CT molecular complexity index is 1030. The molecule has 1 aromatic heterocycles. The zero-order valence-electron chi connectivity index (χ0n) is 21.7. The molecule has 0 aliphatic heterocycles. The Morgan fingerprint density at radius 2 is 1.78 bits per heavy atom. The van der Waals surface area contributed by atoms with Crippen LogP contribution in [0.1, 0.15) is 81.1 Å². The number of carbonyl (C=O) groups is 2. The second kappa shape index (κ2) is 12.6. The lowest BCUT2D eigenvalue weighted by Crippen LogP contribution is -2.28. The summed E-state index contributed by atoms with van der Waals surface area (Å²) >= 11 is 0. The van der Waals surface area contributed by atoms with Crippen LogP contribution in [0.2, 0.25) is 0 Å². The van der Waals surface area contributed by atoms with Gasteiger partial charge in [0.1, 0.15) is 11.4 Å². The van der Waals surface area contributed by atoms with E-state index in [4.69, 9.17) is 20.3 Å². The third-order valence-electron chi connectivity index (χ3n) is 6.67. The number of benzene rings is 1. The van der Waals surface area contributed by atoms with Crippen LogP contribution in [0.5, 0.6) is 11.9 Å². The number of hydrogen-bond donors (Lipinski definition) is 2. The first kappa shape index (κ1) is 27.2. The first-order chi connectivity index (χ1) is 17.2. The van der Waals surface area contributed by atoms with Gasteiger partial charge in [0, 0.05) is 19.2 Å². The van der Waals surface area contributed by atoms with E-state index in [-0.39, 0.29) is 41.5 Å². The van der Waals surface area contributed by atoms with Gasteiger partial charge in [-0.05, 0) is 74.5 Å². The molecular formula is C27H38N4O5. The van der Waals surface area contributed by atoms with Crippen molar-refractivity contribution < 1.29 is 24.2 Å². The van der Waals surface area contributed by atoms with Crippen LogP contribution in [0.3, 0.4) is 0 Å². The van der Waals surface area contributed by atoms with Crippen molar-refractivity contribution in [3.63, 3.8) is 0 Å². The number of amides is 1. The maximum atomic E-state index is 13.4. The lowest BCUT2D eigenvalue weighted by atomic mass is 9.77. The number of hydrogen-bond acceptors (Lipinski definition) is 7. The predicted molar refractivity (Wildman–Crippen MR) is 139 cm³/mol. The second-order valence-electron chi connectivity index (χ2n) is 9.81. The minimum Gasteiger partial charge on any atom is -0.481 e. The van der Waals surface area contributed by atoms with E-state index in [1.54, 1.807) is 7.05 Å². The summed E-state index contributed by atoms with van der Waals surface area (Å²) in [6.45, 7) is 6.77. The van der Waals surface area contributed by atoms with E-state index < -0.39 is 5.97 Å². The molecule has 2 aromatic rings. The van der Waals surface area contributed by atoms with Gasteiger partial charge in [-0.2, -0.15) is 9.97 Å². The average molecular weight is 499 g/mol. The Labute approximate surface area is 213 Å². The molecule has 0 saturated heterocycles. The molecule has 3 rings (SSSR count). The SMILES string of the molecule is CCOc1nc(OCCC(C)C)nc(N)c1C(=O)N(C)c1ccc([C@H]2CC[C@H](CC(=O)O)CC2)cc1. The second-order valence-corrected chi connectivity index (χ2v) is 9.81. The van der Waals surface area contributed by atoms with Gasteiger partial charge in [-0.15, -0.1) is 0 Å². The normalized spacial score (nSPS) is 17.6. The molecule has 196 valence electrons. The van der Waals surface area contributed by atoms with Gasteiger partial charge >= 0.3 is 12.0 Å². The van der Waals surface area contributed by atoms with Crippen LogP contribution in [0.15, 0.2) is 24.3 Å². The van der Waals surface area contributed by atoms with Crippen LogP contribution >= 0.6 is 0 Å². The molecule has 1 amide bonds. The molecule has 1 aliphatic rings. The smallest absolute Gasteiger partial charge is 0.321 e. The maximum Gasteiger partial charge on any atom is 0.321 e. The predicted octanol–water partition coefficient (Wildman–Crippen LogP) is 4.91. The van der Waals surface area contributed by atoms with Crippen LogP contribution in [0.4, 0.5) is 11.5 Å². The maximum absolute atomic E-state index is 13.4. The van der Waals surface area contributed by atoms with Crippen LogP contribution in [0, 0.1) is 11.8 Å². The number of nitrogens with two attached hydrogens (primary N) is 1. The van der Waals surface area contributed by atoms with Gasteiger partial charge in [0.25, 0.3) is 5.91 Å². The zero-order chi connectivity index (χ0) is 26.2. The van der Waals surface area contributed by atoms with E-state index in [2.05, 4.69) is 23.8 Å². The molecule has 9 nitrogen and oxygen atoms in total. The highest BCUT2D eigenvalue weighted by Crippen LogP contribution is 2.37. The highest BCUT2D eigenvalue weighted by molar-refractivity contribution is 6.10. The molecule has 0 bridgehead atoms. The quantitative estimate of drug-likeness (QED) is 0.447. The molecule has 0 spiro atoms. The number of carboxylic acid groups (broad SMARTS) is 1. The van der Waals surface area contributed by atoms with Crippen LogP contribution < -0.4 is 20.1 Å². The third-order valence-corrected chi connectivity index (χ3v) is 6.67. The highest BCUT2D eigenvalue weighted by atomic mass is 16.5. The van der Waals surface area contributed by atoms with E-state index in [1.807, 2.05) is 31.2 Å². The zero-order valence-corrected chi connectivity index (χ0v) is 21.7.